The number of hydrogen-bond donors (Lipinski definition) is 1. The SMILES string of the molecule is CCn1cncc1Cn1c(CN2CCC(Cc3cncc(COc4ccc(Cl)cc4Cl)c3)CC2)nc2ccc(C(=O)O)cc21. The second-order valence-electron chi connectivity index (χ2n) is 11.3. The zero-order chi connectivity index (χ0) is 30.6. The highest BCUT2D eigenvalue weighted by Crippen LogP contribution is 2.29. The number of nitrogens with zero attached hydrogens (tertiary/aromatic N) is 6. The smallest absolute Gasteiger partial charge is 0.335 e. The fourth-order valence-electron chi connectivity index (χ4n) is 5.90. The van der Waals surface area contributed by atoms with E-state index in [9.17, 15) is 9.90 Å². The van der Waals surface area contributed by atoms with Gasteiger partial charge >= 0.3 is 5.97 Å². The van der Waals surface area contributed by atoms with E-state index in [4.69, 9.17) is 32.9 Å². The van der Waals surface area contributed by atoms with Gasteiger partial charge in [0.15, 0.2) is 0 Å². The van der Waals surface area contributed by atoms with E-state index < -0.39 is 5.97 Å². The molecule has 1 saturated heterocycles. The first kappa shape index (κ1) is 30.1. The van der Waals surface area contributed by atoms with E-state index in [0.717, 1.165) is 67.0 Å². The summed E-state index contributed by atoms with van der Waals surface area (Å²) < 4.78 is 10.2. The molecule has 1 N–H and O–H groups in total. The van der Waals surface area contributed by atoms with Crippen molar-refractivity contribution in [1.82, 2.24) is 29.0 Å². The molecule has 9 nitrogen and oxygen atoms in total. The van der Waals surface area contributed by atoms with Crippen LogP contribution < -0.4 is 4.74 Å². The summed E-state index contributed by atoms with van der Waals surface area (Å²) in [5.41, 5.74) is 5.15. The topological polar surface area (TPSA) is 98.3 Å². The first-order chi connectivity index (χ1) is 21.4. The van der Waals surface area contributed by atoms with Gasteiger partial charge in [-0.3, -0.25) is 9.88 Å². The number of hydrogen-bond acceptors (Lipinski definition) is 6. The van der Waals surface area contributed by atoms with E-state index >= 15 is 0 Å². The lowest BCUT2D eigenvalue weighted by Gasteiger charge is -2.32. The summed E-state index contributed by atoms with van der Waals surface area (Å²) in [7, 11) is 0. The molecule has 4 heterocycles. The predicted octanol–water partition coefficient (Wildman–Crippen LogP) is 6.73. The monoisotopic (exact) mass is 632 g/mol. The van der Waals surface area contributed by atoms with Crippen LogP contribution in [0.2, 0.25) is 10.0 Å². The molecule has 0 amide bonds. The van der Waals surface area contributed by atoms with Crippen molar-refractivity contribution in [3.05, 3.63) is 106 Å². The number of likely N-dealkylation sites (tertiary alicyclic amines) is 1. The minimum atomic E-state index is -0.943. The van der Waals surface area contributed by atoms with Gasteiger partial charge in [0.25, 0.3) is 0 Å². The van der Waals surface area contributed by atoms with Crippen LogP contribution in [-0.2, 0) is 32.7 Å². The van der Waals surface area contributed by atoms with Gasteiger partial charge in [-0.1, -0.05) is 23.2 Å². The lowest BCUT2D eigenvalue weighted by molar-refractivity contribution is 0.0697. The number of ether oxygens (including phenoxy) is 1. The van der Waals surface area contributed by atoms with Crippen LogP contribution >= 0.6 is 23.2 Å². The van der Waals surface area contributed by atoms with Crippen LogP contribution in [0.4, 0.5) is 0 Å². The zero-order valence-electron chi connectivity index (χ0n) is 24.5. The Morgan fingerprint density at radius 2 is 1.82 bits per heavy atom. The molecule has 2 aromatic carbocycles. The van der Waals surface area contributed by atoms with Crippen LogP contribution in [0.3, 0.4) is 0 Å². The third kappa shape index (κ3) is 6.90. The maximum absolute atomic E-state index is 11.7. The number of carboxylic acids is 1. The van der Waals surface area contributed by atoms with Crippen LogP contribution in [0.25, 0.3) is 11.0 Å². The molecule has 0 radical (unpaired) electrons. The molecule has 5 aromatic rings. The Morgan fingerprint density at radius 1 is 1.00 bits per heavy atom. The van der Waals surface area contributed by atoms with Gasteiger partial charge in [-0.25, -0.2) is 14.8 Å². The molecule has 0 saturated carbocycles. The molecular weight excluding hydrogens is 599 g/mol. The van der Waals surface area contributed by atoms with E-state index in [1.165, 1.54) is 5.56 Å². The van der Waals surface area contributed by atoms with E-state index in [1.807, 2.05) is 24.9 Å². The van der Waals surface area contributed by atoms with Crippen molar-refractivity contribution in [3.63, 3.8) is 0 Å². The molecule has 3 aromatic heterocycles. The molecule has 11 heteroatoms. The molecular formula is C33H34Cl2N6O3. The summed E-state index contributed by atoms with van der Waals surface area (Å²) in [6.45, 7) is 6.49. The van der Waals surface area contributed by atoms with Gasteiger partial charge in [-0.15, -0.1) is 0 Å². The van der Waals surface area contributed by atoms with E-state index in [-0.39, 0.29) is 5.56 Å². The van der Waals surface area contributed by atoms with Crippen molar-refractivity contribution < 1.29 is 14.6 Å². The molecule has 0 spiro atoms. The van der Waals surface area contributed by atoms with Gasteiger partial charge in [0.1, 0.15) is 18.2 Å². The molecule has 1 fully saturated rings. The largest absolute Gasteiger partial charge is 0.487 e. The van der Waals surface area contributed by atoms with Crippen molar-refractivity contribution in [2.75, 3.05) is 13.1 Å². The van der Waals surface area contributed by atoms with Gasteiger partial charge in [0.05, 0.1) is 46.7 Å². The van der Waals surface area contributed by atoms with E-state index in [1.54, 1.807) is 36.4 Å². The average molecular weight is 634 g/mol. The van der Waals surface area contributed by atoms with Crippen molar-refractivity contribution in [1.29, 1.82) is 0 Å². The second-order valence-corrected chi connectivity index (χ2v) is 12.1. The lowest BCUT2D eigenvalue weighted by atomic mass is 9.90. The number of rotatable bonds is 11. The molecule has 0 bridgehead atoms. The highest BCUT2D eigenvalue weighted by atomic mass is 35.5. The zero-order valence-corrected chi connectivity index (χ0v) is 26.0. The molecule has 6 rings (SSSR count). The van der Waals surface area contributed by atoms with Gasteiger partial charge in [-0.05, 0) is 93.2 Å². The number of aromatic carboxylic acids is 1. The highest BCUT2D eigenvalue weighted by molar-refractivity contribution is 6.35. The van der Waals surface area contributed by atoms with Gasteiger partial charge in [0, 0.05) is 35.7 Å². The Morgan fingerprint density at radius 3 is 2.59 bits per heavy atom. The van der Waals surface area contributed by atoms with Crippen LogP contribution in [0.5, 0.6) is 5.75 Å². The fourth-order valence-corrected chi connectivity index (χ4v) is 6.36. The third-order valence-corrected chi connectivity index (χ3v) is 8.80. The third-order valence-electron chi connectivity index (χ3n) is 8.27. The maximum Gasteiger partial charge on any atom is 0.335 e. The van der Waals surface area contributed by atoms with Crippen LogP contribution in [0.15, 0.2) is 67.4 Å². The molecule has 0 atom stereocenters. The number of aromatic nitrogens is 5. The average Bonchev–Trinajstić information content (AvgIpc) is 3.61. The standard InChI is InChI=1S/C33H34Cl2N6O3/c1-2-40-21-37-17-27(40)18-41-30-13-25(33(42)43)3-5-29(30)38-32(41)19-39-9-7-22(8-10-39)11-23-12-24(16-36-15-23)20-44-31-6-4-26(34)14-28(31)35/h3-6,12-17,21-22H,2,7-11,18-20H2,1H3,(H,42,43). The van der Waals surface area contributed by atoms with E-state index in [2.05, 4.69) is 37.0 Å². The number of carboxylic acid groups (broad SMARTS) is 1. The Bertz CT molecular complexity index is 1780. The van der Waals surface area contributed by atoms with Gasteiger partial charge in [0.2, 0.25) is 0 Å². The Balaban J connectivity index is 1.10. The van der Waals surface area contributed by atoms with Crippen molar-refractivity contribution in [2.24, 2.45) is 5.92 Å². The minimum absolute atomic E-state index is 0.258. The Hall–Kier alpha value is -3.92. The quantitative estimate of drug-likeness (QED) is 0.172. The van der Waals surface area contributed by atoms with Gasteiger partial charge < -0.3 is 19.0 Å². The van der Waals surface area contributed by atoms with Crippen molar-refractivity contribution in [2.45, 2.75) is 52.4 Å². The summed E-state index contributed by atoms with van der Waals surface area (Å²) in [6.07, 6.45) is 10.6. The molecule has 0 aliphatic carbocycles. The summed E-state index contributed by atoms with van der Waals surface area (Å²) >= 11 is 12.2. The number of fused-ring (bicyclic) bond motifs is 1. The summed E-state index contributed by atoms with van der Waals surface area (Å²) in [5, 5.41) is 10.7. The van der Waals surface area contributed by atoms with Crippen LogP contribution in [0, 0.1) is 5.92 Å². The first-order valence-electron chi connectivity index (χ1n) is 14.8. The van der Waals surface area contributed by atoms with Crippen LogP contribution in [0.1, 0.15) is 52.8 Å². The molecule has 44 heavy (non-hydrogen) atoms. The fraction of sp³-hybridized carbons (Fsp3) is 0.333. The van der Waals surface area contributed by atoms with Crippen LogP contribution in [-0.4, -0.2) is 53.2 Å². The molecule has 0 unspecified atom stereocenters. The summed E-state index contributed by atoms with van der Waals surface area (Å²) in [4.78, 5) is 27.9. The second kappa shape index (κ2) is 13.4. The number of carbonyl (C=O) groups is 1. The Labute approximate surface area is 266 Å². The molecule has 1 aliphatic rings. The maximum atomic E-state index is 11.7. The summed E-state index contributed by atoms with van der Waals surface area (Å²) in [5.74, 6) is 1.15. The molecule has 228 valence electrons. The number of halogens is 2. The number of piperidine rings is 1. The predicted molar refractivity (Wildman–Crippen MR) is 170 cm³/mol. The van der Waals surface area contributed by atoms with Gasteiger partial charge in [-0.2, -0.15) is 0 Å². The Kier molecular flexibility index (Phi) is 9.16. The minimum Gasteiger partial charge on any atom is -0.487 e. The lowest BCUT2D eigenvalue weighted by Crippen LogP contribution is -2.34. The van der Waals surface area contributed by atoms with E-state index in [0.29, 0.717) is 41.4 Å². The first-order valence-corrected chi connectivity index (χ1v) is 15.6. The highest BCUT2D eigenvalue weighted by Gasteiger charge is 2.23. The number of benzene rings is 2. The summed E-state index contributed by atoms with van der Waals surface area (Å²) in [6, 6.07) is 12.5. The number of pyridine rings is 1. The number of aryl methyl sites for hydroxylation is 1. The normalized spacial score (nSPS) is 14.3. The van der Waals surface area contributed by atoms with Crippen molar-refractivity contribution in [3.8, 4) is 5.75 Å². The van der Waals surface area contributed by atoms with Crippen molar-refractivity contribution >= 4 is 40.2 Å². The molecule has 1 aliphatic heterocycles. The number of imidazole rings is 2.